The van der Waals surface area contributed by atoms with E-state index in [0.717, 1.165) is 0 Å². The number of likely N-dealkylation sites (N-methyl/N-ethyl adjacent to an activating group) is 1. The summed E-state index contributed by atoms with van der Waals surface area (Å²) in [6.07, 6.45) is 1.22. The highest BCUT2D eigenvalue weighted by molar-refractivity contribution is 6.90. The summed E-state index contributed by atoms with van der Waals surface area (Å²) in [5, 5.41) is 11.2. The van der Waals surface area contributed by atoms with Crippen LogP contribution in [0, 0.1) is 23.1 Å². The van der Waals surface area contributed by atoms with E-state index in [2.05, 4.69) is 58.0 Å². The molecule has 2 bridgehead atoms. The van der Waals surface area contributed by atoms with Gasteiger partial charge in [0.05, 0.1) is 23.0 Å². The number of benzene rings is 2. The fourth-order valence-electron chi connectivity index (χ4n) is 9.82. The van der Waals surface area contributed by atoms with Gasteiger partial charge >= 0.3 is 12.1 Å². The van der Waals surface area contributed by atoms with E-state index in [4.69, 9.17) is 24.2 Å². The Balaban J connectivity index is 1.42. The van der Waals surface area contributed by atoms with Crippen molar-refractivity contribution in [1.82, 2.24) is 24.8 Å². The summed E-state index contributed by atoms with van der Waals surface area (Å²) in [6.45, 7) is 14.1. The zero-order chi connectivity index (χ0) is 41.6. The van der Waals surface area contributed by atoms with Crippen molar-refractivity contribution in [1.29, 1.82) is 0 Å². The third kappa shape index (κ3) is 7.54. The lowest BCUT2D eigenvalue weighted by Crippen LogP contribution is -2.55. The van der Waals surface area contributed by atoms with E-state index < -0.39 is 32.0 Å². The maximum Gasteiger partial charge on any atom is 0.407 e. The summed E-state index contributed by atoms with van der Waals surface area (Å²) in [5.41, 5.74) is 4.77. The first-order valence-electron chi connectivity index (χ1n) is 20.2. The maximum atomic E-state index is 17.5. The number of halogens is 3. The molecule has 11 nitrogen and oxygen atoms in total. The molecule has 0 spiro atoms. The lowest BCUT2D eigenvalue weighted by molar-refractivity contribution is 0.0512. The Hall–Kier alpha value is -4.65. The number of ether oxygens (including phenoxy) is 3. The van der Waals surface area contributed by atoms with Crippen LogP contribution in [0.1, 0.15) is 66.4 Å². The maximum absolute atomic E-state index is 17.5. The molecular formula is C43H53F3N6O5Si. The number of pyridine rings is 1. The number of amides is 1. The van der Waals surface area contributed by atoms with Crippen LogP contribution in [0.5, 0.6) is 11.8 Å². The van der Waals surface area contributed by atoms with Crippen LogP contribution in [-0.2, 0) is 4.74 Å². The minimum absolute atomic E-state index is 0.0765. The second kappa shape index (κ2) is 16.5. The molecule has 310 valence electrons. The third-order valence-electron chi connectivity index (χ3n) is 12.6. The molecule has 0 aliphatic carbocycles. The summed E-state index contributed by atoms with van der Waals surface area (Å²) >= 11 is 0. The van der Waals surface area contributed by atoms with Crippen LogP contribution in [0.25, 0.3) is 32.9 Å². The number of anilines is 1. The average molecular weight is 819 g/mol. The van der Waals surface area contributed by atoms with Gasteiger partial charge in [0.2, 0.25) is 0 Å². The predicted molar refractivity (Wildman–Crippen MR) is 221 cm³/mol. The third-order valence-corrected chi connectivity index (χ3v) is 18.9. The molecule has 58 heavy (non-hydrogen) atoms. The molecule has 4 aromatic rings. The fraction of sp³-hybridized carbons (Fsp3) is 0.535. The SMILES string of the molecule is COCOc1cc(-c2ncc3c(N4C[C@H]5CC[C@@H](C4)N5C(=O)O)nc(OC[C@@H]4C[C@@H](F)CN4C)nc3c2F)c2c(C#C[Si](C(C)C)(C(C)C)C(C)C)c(F)ccc2c1. The Morgan fingerprint density at radius 2 is 1.69 bits per heavy atom. The molecule has 4 atom stereocenters. The van der Waals surface area contributed by atoms with Crippen molar-refractivity contribution in [3.05, 3.63) is 47.7 Å². The van der Waals surface area contributed by atoms with Crippen molar-refractivity contribution in [2.24, 2.45) is 0 Å². The van der Waals surface area contributed by atoms with E-state index in [1.165, 1.54) is 24.3 Å². The monoisotopic (exact) mass is 818 g/mol. The molecule has 2 aromatic carbocycles. The molecule has 5 heterocycles. The first kappa shape index (κ1) is 41.5. The lowest BCUT2D eigenvalue weighted by Gasteiger charge is -2.40. The summed E-state index contributed by atoms with van der Waals surface area (Å²) in [5.74, 6) is 2.70. The molecule has 1 N–H and O–H groups in total. The van der Waals surface area contributed by atoms with Crippen LogP contribution in [0.15, 0.2) is 30.5 Å². The van der Waals surface area contributed by atoms with Gasteiger partial charge in [0, 0.05) is 49.9 Å². The van der Waals surface area contributed by atoms with E-state index >= 15 is 8.78 Å². The number of carbonyl (C=O) groups is 1. The van der Waals surface area contributed by atoms with Crippen molar-refractivity contribution in [2.45, 2.75) is 102 Å². The second-order valence-electron chi connectivity index (χ2n) is 16.9. The predicted octanol–water partition coefficient (Wildman–Crippen LogP) is 8.43. The zero-order valence-corrected chi connectivity index (χ0v) is 35.5. The topological polar surface area (TPSA) is 113 Å². The molecule has 2 aromatic heterocycles. The number of likely N-dealkylation sites (tertiary alicyclic amines) is 1. The summed E-state index contributed by atoms with van der Waals surface area (Å²) in [7, 11) is 0.998. The molecule has 3 fully saturated rings. The van der Waals surface area contributed by atoms with Gasteiger partial charge in [0.25, 0.3) is 0 Å². The molecule has 3 aliphatic heterocycles. The van der Waals surface area contributed by atoms with Crippen molar-refractivity contribution < 1.29 is 37.3 Å². The number of fused-ring (bicyclic) bond motifs is 4. The molecule has 1 amide bonds. The number of alkyl halides is 1. The van der Waals surface area contributed by atoms with Crippen LogP contribution in [-0.4, -0.2) is 116 Å². The lowest BCUT2D eigenvalue weighted by atomic mass is 9.95. The number of piperazine rings is 1. The van der Waals surface area contributed by atoms with E-state index in [-0.39, 0.29) is 72.8 Å². The molecule has 7 rings (SSSR count). The minimum Gasteiger partial charge on any atom is -0.468 e. The zero-order valence-electron chi connectivity index (χ0n) is 34.5. The van der Waals surface area contributed by atoms with Crippen molar-refractivity contribution in [3.63, 3.8) is 0 Å². The standard InChI is InChI=1S/C43H53F3N6O5Si/c1-24(2)58(25(3)4,26(5)6)14-13-33-36(45)12-9-27-15-32(57-23-55-8)17-34(37(27)33)39-38(46)40-35(18-47-39)41(51-20-29-10-11-30(21-51)52(29)43(53)54)49-42(48-40)56-22-31-16-28(44)19-50(31)7/h9,12,15,17-18,24-26,28-31H,10-11,16,19-23H2,1-8H3,(H,53,54)/t28-,29-,30+,31+/m1/s1. The van der Waals surface area contributed by atoms with Gasteiger partial charge in [-0.1, -0.05) is 53.5 Å². The Kier molecular flexibility index (Phi) is 11.8. The van der Waals surface area contributed by atoms with Gasteiger partial charge in [0.15, 0.2) is 12.6 Å². The smallest absolute Gasteiger partial charge is 0.407 e. The van der Waals surface area contributed by atoms with Crippen LogP contribution in [0.2, 0.25) is 16.6 Å². The number of rotatable bonds is 11. The number of carboxylic acid groups (broad SMARTS) is 1. The van der Waals surface area contributed by atoms with Gasteiger partial charge in [-0.15, -0.1) is 5.54 Å². The first-order chi connectivity index (χ1) is 27.6. The highest BCUT2D eigenvalue weighted by Gasteiger charge is 2.44. The van der Waals surface area contributed by atoms with Crippen molar-refractivity contribution in [3.8, 4) is 34.5 Å². The average Bonchev–Trinajstić information content (AvgIpc) is 3.65. The van der Waals surface area contributed by atoms with Crippen LogP contribution in [0.4, 0.5) is 23.8 Å². The summed E-state index contributed by atoms with van der Waals surface area (Å²) in [6, 6.07) is 5.49. The summed E-state index contributed by atoms with van der Waals surface area (Å²) in [4.78, 5) is 31.5. The van der Waals surface area contributed by atoms with Gasteiger partial charge < -0.3 is 24.2 Å². The van der Waals surface area contributed by atoms with Gasteiger partial charge in [-0.05, 0) is 66.5 Å². The minimum atomic E-state index is -2.32. The molecule has 0 radical (unpaired) electrons. The van der Waals surface area contributed by atoms with E-state index in [9.17, 15) is 14.3 Å². The highest BCUT2D eigenvalue weighted by atomic mass is 28.3. The molecule has 15 heteroatoms. The van der Waals surface area contributed by atoms with Crippen LogP contribution < -0.4 is 14.4 Å². The number of hydrogen-bond acceptors (Lipinski definition) is 9. The van der Waals surface area contributed by atoms with Crippen LogP contribution in [0.3, 0.4) is 0 Å². The number of hydrogen-bond donors (Lipinski definition) is 1. The molecule has 0 saturated carbocycles. The van der Waals surface area contributed by atoms with Gasteiger partial charge in [-0.3, -0.25) is 14.8 Å². The Bertz CT molecular complexity index is 2230. The normalized spacial score (nSPS) is 21.1. The Labute approximate surface area is 338 Å². The molecule has 0 unspecified atom stereocenters. The largest absolute Gasteiger partial charge is 0.468 e. The Morgan fingerprint density at radius 3 is 2.29 bits per heavy atom. The van der Waals surface area contributed by atoms with E-state index in [1.807, 2.05) is 16.8 Å². The molecule has 3 saturated heterocycles. The second-order valence-corrected chi connectivity index (χ2v) is 22.5. The van der Waals surface area contributed by atoms with Gasteiger partial charge in [-0.25, -0.2) is 18.0 Å². The number of nitrogens with zero attached hydrogens (tertiary/aromatic N) is 6. The van der Waals surface area contributed by atoms with E-state index in [0.29, 0.717) is 70.3 Å². The highest BCUT2D eigenvalue weighted by Crippen LogP contribution is 2.43. The van der Waals surface area contributed by atoms with Crippen LogP contribution >= 0.6 is 0 Å². The number of aromatic nitrogens is 3. The van der Waals surface area contributed by atoms with Crippen molar-refractivity contribution >= 4 is 41.7 Å². The van der Waals surface area contributed by atoms with Crippen molar-refractivity contribution in [2.75, 3.05) is 52.1 Å². The first-order valence-corrected chi connectivity index (χ1v) is 22.4. The van der Waals surface area contributed by atoms with Gasteiger partial charge in [0.1, 0.15) is 49.4 Å². The molecule has 3 aliphatic rings. The molecular weight excluding hydrogens is 766 g/mol. The summed E-state index contributed by atoms with van der Waals surface area (Å²) < 4.78 is 65.2. The van der Waals surface area contributed by atoms with Gasteiger partial charge in [-0.2, -0.15) is 9.97 Å². The van der Waals surface area contributed by atoms with E-state index in [1.54, 1.807) is 18.2 Å². The number of methoxy groups -OCH3 is 1. The quantitative estimate of drug-likeness (QED) is 0.0900. The fourth-order valence-corrected chi connectivity index (χ4v) is 15.0. The Morgan fingerprint density at radius 1 is 1.00 bits per heavy atom.